The van der Waals surface area contributed by atoms with Crippen molar-refractivity contribution in [2.45, 2.75) is 31.7 Å². The minimum atomic E-state index is -0.0583. The molecule has 2 fully saturated rings. The maximum absolute atomic E-state index is 12.8. The molecule has 0 radical (unpaired) electrons. The lowest BCUT2D eigenvalue weighted by Crippen LogP contribution is -2.49. The summed E-state index contributed by atoms with van der Waals surface area (Å²) in [6.07, 6.45) is 3.63. The van der Waals surface area contributed by atoms with Crippen LogP contribution >= 0.6 is 11.3 Å². The Bertz CT molecular complexity index is 576. The molecule has 0 bridgehead atoms. The van der Waals surface area contributed by atoms with Crippen molar-refractivity contribution in [3.05, 3.63) is 17.5 Å². The van der Waals surface area contributed by atoms with E-state index in [1.54, 1.807) is 0 Å². The van der Waals surface area contributed by atoms with E-state index in [2.05, 4.69) is 17.3 Å². The third-order valence-corrected chi connectivity index (χ3v) is 6.25. The number of likely N-dealkylation sites (tertiary alicyclic amines) is 2. The van der Waals surface area contributed by atoms with Crippen LogP contribution in [0.5, 0.6) is 0 Å². The molecule has 0 atom stereocenters. The summed E-state index contributed by atoms with van der Waals surface area (Å²) in [5.41, 5.74) is 0. The van der Waals surface area contributed by atoms with E-state index in [4.69, 9.17) is 0 Å². The van der Waals surface area contributed by atoms with Crippen LogP contribution < -0.4 is 5.32 Å². The highest BCUT2D eigenvalue weighted by atomic mass is 32.1. The number of hydrogen-bond acceptors (Lipinski definition) is 4. The van der Waals surface area contributed by atoms with Gasteiger partial charge in [-0.05, 0) is 63.3 Å². The zero-order valence-corrected chi connectivity index (χ0v) is 15.9. The molecule has 3 heterocycles. The van der Waals surface area contributed by atoms with Gasteiger partial charge < -0.3 is 14.7 Å². The quantitative estimate of drug-likeness (QED) is 0.897. The van der Waals surface area contributed by atoms with E-state index in [-0.39, 0.29) is 17.9 Å². The summed E-state index contributed by atoms with van der Waals surface area (Å²) in [4.78, 5) is 31.2. The van der Waals surface area contributed by atoms with Crippen molar-refractivity contribution in [1.29, 1.82) is 0 Å². The minimum absolute atomic E-state index is 0.0513. The monoisotopic (exact) mass is 364 g/mol. The molecule has 2 aliphatic heterocycles. The van der Waals surface area contributed by atoms with E-state index < -0.39 is 0 Å². The number of rotatable bonds is 3. The van der Waals surface area contributed by atoms with E-state index >= 15 is 0 Å². The first-order valence-corrected chi connectivity index (χ1v) is 9.97. The number of urea groups is 1. The normalized spacial score (nSPS) is 20.5. The molecule has 6 nitrogen and oxygen atoms in total. The largest absolute Gasteiger partial charge is 0.342 e. The molecule has 0 saturated carbocycles. The molecule has 2 aliphatic rings. The van der Waals surface area contributed by atoms with Crippen LogP contribution in [-0.4, -0.2) is 73.0 Å². The number of anilines is 1. The van der Waals surface area contributed by atoms with Gasteiger partial charge in [-0.1, -0.05) is 0 Å². The second-order valence-electron chi connectivity index (χ2n) is 7.15. The lowest BCUT2D eigenvalue weighted by Gasteiger charge is -2.38. The Morgan fingerprint density at radius 1 is 1.16 bits per heavy atom. The molecule has 3 rings (SSSR count). The SMILES string of the molecule is CN1CCC(N(C)C(=O)C2CCN(C(=O)Nc3cccs3)CC2)CC1. The van der Waals surface area contributed by atoms with Crippen LogP contribution in [0.25, 0.3) is 0 Å². The molecule has 138 valence electrons. The summed E-state index contributed by atoms with van der Waals surface area (Å²) >= 11 is 1.52. The van der Waals surface area contributed by atoms with Gasteiger partial charge >= 0.3 is 6.03 Å². The molecular formula is C18H28N4O2S. The first-order chi connectivity index (χ1) is 12.0. The summed E-state index contributed by atoms with van der Waals surface area (Å²) < 4.78 is 0. The maximum Gasteiger partial charge on any atom is 0.322 e. The van der Waals surface area contributed by atoms with Crippen molar-refractivity contribution in [3.63, 3.8) is 0 Å². The molecule has 0 aliphatic carbocycles. The van der Waals surface area contributed by atoms with Crippen LogP contribution in [0.15, 0.2) is 17.5 Å². The van der Waals surface area contributed by atoms with Crippen molar-refractivity contribution in [1.82, 2.24) is 14.7 Å². The molecule has 25 heavy (non-hydrogen) atoms. The third-order valence-electron chi connectivity index (χ3n) is 5.47. The van der Waals surface area contributed by atoms with Gasteiger partial charge in [0.1, 0.15) is 0 Å². The molecule has 1 N–H and O–H groups in total. The summed E-state index contributed by atoms with van der Waals surface area (Å²) in [5.74, 6) is 0.309. The van der Waals surface area contributed by atoms with Crippen molar-refractivity contribution >= 4 is 28.3 Å². The smallest absolute Gasteiger partial charge is 0.322 e. The number of hydrogen-bond donors (Lipinski definition) is 1. The molecular weight excluding hydrogens is 336 g/mol. The highest BCUT2D eigenvalue weighted by Crippen LogP contribution is 2.24. The second kappa shape index (κ2) is 8.19. The number of amides is 3. The summed E-state index contributed by atoms with van der Waals surface area (Å²) in [6.45, 7) is 3.41. The number of piperidine rings is 2. The number of carbonyl (C=O) groups excluding carboxylic acids is 2. The van der Waals surface area contributed by atoms with Crippen LogP contribution in [-0.2, 0) is 4.79 Å². The Morgan fingerprint density at radius 3 is 2.44 bits per heavy atom. The fraction of sp³-hybridized carbons (Fsp3) is 0.667. The van der Waals surface area contributed by atoms with Gasteiger partial charge in [0.15, 0.2) is 0 Å². The highest BCUT2D eigenvalue weighted by Gasteiger charge is 2.32. The average Bonchev–Trinajstić information content (AvgIpc) is 3.14. The average molecular weight is 365 g/mol. The van der Waals surface area contributed by atoms with Crippen LogP contribution in [0.3, 0.4) is 0 Å². The van der Waals surface area contributed by atoms with Crippen molar-refractivity contribution in [2.24, 2.45) is 5.92 Å². The second-order valence-corrected chi connectivity index (χ2v) is 8.10. The maximum atomic E-state index is 12.8. The van der Waals surface area contributed by atoms with Crippen molar-refractivity contribution in [3.8, 4) is 0 Å². The minimum Gasteiger partial charge on any atom is -0.342 e. The number of nitrogens with zero attached hydrogens (tertiary/aromatic N) is 3. The van der Waals surface area contributed by atoms with E-state index in [1.807, 2.05) is 34.4 Å². The van der Waals surface area contributed by atoms with Gasteiger partial charge in [0.05, 0.1) is 5.00 Å². The van der Waals surface area contributed by atoms with Crippen molar-refractivity contribution < 1.29 is 9.59 Å². The lowest BCUT2D eigenvalue weighted by molar-refractivity contribution is -0.138. The predicted octanol–water partition coefficient (Wildman–Crippen LogP) is 2.54. The molecule has 1 aromatic rings. The molecule has 0 spiro atoms. The molecule has 0 unspecified atom stereocenters. The predicted molar refractivity (Wildman–Crippen MR) is 101 cm³/mol. The summed E-state index contributed by atoms with van der Waals surface area (Å²) in [7, 11) is 4.09. The standard InChI is InChI=1S/C18H28N4O2S/c1-20-9-7-15(8-10-20)21(2)17(23)14-5-11-22(12-6-14)18(24)19-16-4-3-13-25-16/h3-4,13-15H,5-12H2,1-2H3,(H,19,24). The van der Waals surface area contributed by atoms with Gasteiger partial charge in [-0.3, -0.25) is 10.1 Å². The Balaban J connectivity index is 1.46. The molecule has 3 amide bonds. The van der Waals surface area contributed by atoms with Crippen molar-refractivity contribution in [2.75, 3.05) is 45.6 Å². The van der Waals surface area contributed by atoms with E-state index in [9.17, 15) is 9.59 Å². The zero-order valence-electron chi connectivity index (χ0n) is 15.1. The Hall–Kier alpha value is -1.60. The number of nitrogens with one attached hydrogen (secondary N) is 1. The lowest BCUT2D eigenvalue weighted by atomic mass is 9.94. The number of thiophene rings is 1. The fourth-order valence-electron chi connectivity index (χ4n) is 3.71. The van der Waals surface area contributed by atoms with E-state index in [1.165, 1.54) is 11.3 Å². The Kier molecular flexibility index (Phi) is 5.96. The number of carbonyl (C=O) groups is 2. The first-order valence-electron chi connectivity index (χ1n) is 9.09. The van der Waals surface area contributed by atoms with Gasteiger partial charge in [0.2, 0.25) is 5.91 Å². The van der Waals surface area contributed by atoms with E-state index in [0.717, 1.165) is 43.8 Å². The van der Waals surface area contributed by atoms with Crippen LogP contribution in [0.4, 0.5) is 9.80 Å². The Labute approximate surface area is 153 Å². The topological polar surface area (TPSA) is 55.9 Å². The molecule has 7 heteroatoms. The molecule has 1 aromatic heterocycles. The fourth-order valence-corrected chi connectivity index (χ4v) is 4.32. The van der Waals surface area contributed by atoms with Gasteiger partial charge in [0, 0.05) is 32.1 Å². The summed E-state index contributed by atoms with van der Waals surface area (Å²) in [6, 6.07) is 4.13. The third kappa shape index (κ3) is 4.52. The molecule has 2 saturated heterocycles. The molecule has 0 aromatic carbocycles. The zero-order chi connectivity index (χ0) is 17.8. The van der Waals surface area contributed by atoms with Crippen LogP contribution in [0.2, 0.25) is 0 Å². The van der Waals surface area contributed by atoms with Crippen LogP contribution in [0.1, 0.15) is 25.7 Å². The Morgan fingerprint density at radius 2 is 1.84 bits per heavy atom. The van der Waals surface area contributed by atoms with Gasteiger partial charge in [-0.25, -0.2) is 4.79 Å². The van der Waals surface area contributed by atoms with E-state index in [0.29, 0.717) is 19.1 Å². The van der Waals surface area contributed by atoms with Gasteiger partial charge in [-0.15, -0.1) is 11.3 Å². The summed E-state index contributed by atoms with van der Waals surface area (Å²) in [5, 5.41) is 5.73. The van der Waals surface area contributed by atoms with Crippen LogP contribution in [0, 0.1) is 5.92 Å². The van der Waals surface area contributed by atoms with Gasteiger partial charge in [-0.2, -0.15) is 0 Å². The first kappa shape index (κ1) is 18.2. The van der Waals surface area contributed by atoms with Gasteiger partial charge in [0.25, 0.3) is 0 Å². The highest BCUT2D eigenvalue weighted by molar-refractivity contribution is 7.14.